The number of carbonyl (C=O) groups is 2. The maximum atomic E-state index is 12.8. The molecule has 1 saturated heterocycles. The first-order valence-corrected chi connectivity index (χ1v) is 9.14. The molecule has 6 nitrogen and oxygen atoms in total. The third kappa shape index (κ3) is 3.01. The summed E-state index contributed by atoms with van der Waals surface area (Å²) < 4.78 is 0. The van der Waals surface area contributed by atoms with Gasteiger partial charge >= 0.3 is 0 Å². The quantitative estimate of drug-likeness (QED) is 0.913. The first kappa shape index (κ1) is 16.1. The maximum Gasteiger partial charge on any atom is 0.225 e. The summed E-state index contributed by atoms with van der Waals surface area (Å²) in [6, 6.07) is 7.64. The fourth-order valence-corrected chi connectivity index (χ4v) is 4.16. The Morgan fingerprint density at radius 2 is 1.92 bits per heavy atom. The van der Waals surface area contributed by atoms with Crippen LogP contribution in [0.1, 0.15) is 44.5 Å². The molecule has 1 saturated carbocycles. The summed E-state index contributed by atoms with van der Waals surface area (Å²) in [6.45, 7) is 3.29. The summed E-state index contributed by atoms with van der Waals surface area (Å²) in [4.78, 5) is 36.7. The molecule has 2 aliphatic rings. The fourth-order valence-electron chi connectivity index (χ4n) is 4.16. The molecular formula is C19H24N4O2. The summed E-state index contributed by atoms with van der Waals surface area (Å²) in [5.74, 6) is 1.21. The Morgan fingerprint density at radius 3 is 2.64 bits per heavy atom. The number of aromatic amines is 1. The number of nitrogens with zero attached hydrogens (tertiary/aromatic N) is 3. The minimum Gasteiger partial charge on any atom is -0.340 e. The number of aromatic nitrogens is 2. The minimum absolute atomic E-state index is 0.0263. The lowest BCUT2D eigenvalue weighted by atomic mass is 10.0. The topological polar surface area (TPSA) is 69.3 Å². The van der Waals surface area contributed by atoms with Crippen molar-refractivity contribution in [2.24, 2.45) is 5.92 Å². The molecule has 0 bridgehead atoms. The van der Waals surface area contributed by atoms with Crippen LogP contribution in [-0.4, -0.2) is 51.2 Å². The van der Waals surface area contributed by atoms with Crippen molar-refractivity contribution in [1.82, 2.24) is 19.8 Å². The van der Waals surface area contributed by atoms with Gasteiger partial charge in [-0.05, 0) is 25.0 Å². The van der Waals surface area contributed by atoms with E-state index in [1.165, 1.54) is 0 Å². The lowest BCUT2D eigenvalue weighted by molar-refractivity contribution is -0.144. The number of carbonyl (C=O) groups excluding carboxylic acids is 2. The number of H-pyrrole nitrogens is 1. The minimum atomic E-state index is -0.205. The van der Waals surface area contributed by atoms with Crippen LogP contribution >= 0.6 is 0 Å². The van der Waals surface area contributed by atoms with E-state index in [0.29, 0.717) is 19.6 Å². The van der Waals surface area contributed by atoms with E-state index in [9.17, 15) is 9.59 Å². The third-order valence-electron chi connectivity index (χ3n) is 5.52. The van der Waals surface area contributed by atoms with Crippen LogP contribution in [0.15, 0.2) is 24.3 Å². The van der Waals surface area contributed by atoms with E-state index >= 15 is 0 Å². The molecule has 1 atom stereocenters. The molecule has 4 rings (SSSR count). The van der Waals surface area contributed by atoms with Gasteiger partial charge in [0.25, 0.3) is 0 Å². The monoisotopic (exact) mass is 340 g/mol. The highest BCUT2D eigenvalue weighted by Gasteiger charge is 2.36. The van der Waals surface area contributed by atoms with Crippen LogP contribution in [0.25, 0.3) is 11.0 Å². The van der Waals surface area contributed by atoms with E-state index in [1.807, 2.05) is 34.1 Å². The summed E-state index contributed by atoms with van der Waals surface area (Å²) >= 11 is 0. The summed E-state index contributed by atoms with van der Waals surface area (Å²) in [5, 5.41) is 0. The van der Waals surface area contributed by atoms with E-state index in [1.54, 1.807) is 6.92 Å². The normalized spacial score (nSPS) is 21.9. The molecule has 1 aromatic heterocycles. The Labute approximate surface area is 147 Å². The zero-order valence-electron chi connectivity index (χ0n) is 14.6. The molecule has 1 aromatic carbocycles. The highest BCUT2D eigenvalue weighted by molar-refractivity contribution is 5.80. The Kier molecular flexibility index (Phi) is 4.19. The first-order valence-electron chi connectivity index (χ1n) is 9.14. The van der Waals surface area contributed by atoms with Crippen molar-refractivity contribution >= 4 is 22.8 Å². The van der Waals surface area contributed by atoms with Gasteiger partial charge in [0.1, 0.15) is 11.9 Å². The maximum absolute atomic E-state index is 12.8. The number of benzene rings is 1. The van der Waals surface area contributed by atoms with Crippen molar-refractivity contribution in [2.75, 3.05) is 19.6 Å². The molecule has 2 aromatic rings. The van der Waals surface area contributed by atoms with Crippen LogP contribution in [0.2, 0.25) is 0 Å². The summed E-state index contributed by atoms with van der Waals surface area (Å²) in [6.07, 6.45) is 4.30. The summed E-state index contributed by atoms with van der Waals surface area (Å²) in [7, 11) is 0. The van der Waals surface area contributed by atoms with E-state index < -0.39 is 0 Å². The number of rotatable bonds is 2. The molecule has 1 N–H and O–H groups in total. The highest BCUT2D eigenvalue weighted by Crippen LogP contribution is 2.30. The molecule has 6 heteroatoms. The summed E-state index contributed by atoms with van der Waals surface area (Å²) in [5.41, 5.74) is 1.85. The van der Waals surface area contributed by atoms with E-state index in [-0.39, 0.29) is 23.8 Å². The molecule has 0 radical (unpaired) electrons. The SMILES string of the molecule is CC(=O)N1CCN(C(=O)C2CCCC2)CC1c1nc2ccccc2[nH]1. The van der Waals surface area contributed by atoms with Gasteiger partial charge in [0.15, 0.2) is 0 Å². The second kappa shape index (κ2) is 6.50. The van der Waals surface area contributed by atoms with Crippen molar-refractivity contribution in [3.63, 3.8) is 0 Å². The second-order valence-electron chi connectivity index (χ2n) is 7.13. The van der Waals surface area contributed by atoms with Crippen LogP contribution < -0.4 is 0 Å². The molecule has 132 valence electrons. The van der Waals surface area contributed by atoms with Gasteiger partial charge in [0.2, 0.25) is 11.8 Å². The first-order chi connectivity index (χ1) is 12.1. The van der Waals surface area contributed by atoms with Crippen molar-refractivity contribution in [3.05, 3.63) is 30.1 Å². The Hall–Kier alpha value is -2.37. The lowest BCUT2D eigenvalue weighted by Crippen LogP contribution is -2.53. The fraction of sp³-hybridized carbons (Fsp3) is 0.526. The van der Waals surface area contributed by atoms with Gasteiger partial charge in [0, 0.05) is 32.5 Å². The van der Waals surface area contributed by atoms with E-state index in [0.717, 1.165) is 42.5 Å². The van der Waals surface area contributed by atoms with Gasteiger partial charge in [-0.15, -0.1) is 0 Å². The molecule has 1 unspecified atom stereocenters. The van der Waals surface area contributed by atoms with Crippen LogP contribution in [-0.2, 0) is 9.59 Å². The Balaban J connectivity index is 1.61. The number of imidazole rings is 1. The average Bonchev–Trinajstić information content (AvgIpc) is 3.29. The zero-order valence-corrected chi connectivity index (χ0v) is 14.6. The van der Waals surface area contributed by atoms with Crippen LogP contribution in [0.3, 0.4) is 0 Å². The van der Waals surface area contributed by atoms with Gasteiger partial charge in [-0.2, -0.15) is 0 Å². The van der Waals surface area contributed by atoms with Crippen LogP contribution in [0, 0.1) is 5.92 Å². The molecule has 1 aliphatic carbocycles. The zero-order chi connectivity index (χ0) is 17.4. The number of amides is 2. The molecule has 25 heavy (non-hydrogen) atoms. The van der Waals surface area contributed by atoms with Crippen molar-refractivity contribution < 1.29 is 9.59 Å². The van der Waals surface area contributed by atoms with Crippen molar-refractivity contribution in [2.45, 2.75) is 38.6 Å². The molecular weight excluding hydrogens is 316 g/mol. The second-order valence-corrected chi connectivity index (χ2v) is 7.13. The molecule has 1 aliphatic heterocycles. The third-order valence-corrected chi connectivity index (χ3v) is 5.52. The number of para-hydroxylation sites is 2. The standard InChI is InChI=1S/C19H24N4O2/c1-13(24)23-11-10-22(19(25)14-6-2-3-7-14)12-17(23)18-20-15-8-4-5-9-16(15)21-18/h4-5,8-9,14,17H,2-3,6-7,10-12H2,1H3,(H,20,21). The number of hydrogen-bond acceptors (Lipinski definition) is 3. The van der Waals surface area contributed by atoms with Gasteiger partial charge in [-0.3, -0.25) is 9.59 Å². The molecule has 2 heterocycles. The van der Waals surface area contributed by atoms with Gasteiger partial charge in [-0.1, -0.05) is 25.0 Å². The van der Waals surface area contributed by atoms with Crippen molar-refractivity contribution in [3.8, 4) is 0 Å². The lowest BCUT2D eigenvalue weighted by Gasteiger charge is -2.41. The number of hydrogen-bond donors (Lipinski definition) is 1. The van der Waals surface area contributed by atoms with Crippen LogP contribution in [0.4, 0.5) is 0 Å². The number of nitrogens with one attached hydrogen (secondary N) is 1. The predicted molar refractivity (Wildman–Crippen MR) is 94.8 cm³/mol. The molecule has 2 fully saturated rings. The predicted octanol–water partition coefficient (Wildman–Crippen LogP) is 2.48. The Morgan fingerprint density at radius 1 is 1.16 bits per heavy atom. The highest BCUT2D eigenvalue weighted by atomic mass is 16.2. The van der Waals surface area contributed by atoms with E-state index in [4.69, 9.17) is 0 Å². The number of fused-ring (bicyclic) bond motifs is 1. The van der Waals surface area contributed by atoms with Gasteiger partial charge < -0.3 is 14.8 Å². The van der Waals surface area contributed by atoms with Gasteiger partial charge in [-0.25, -0.2) is 4.98 Å². The average molecular weight is 340 g/mol. The Bertz CT molecular complexity index is 761. The van der Waals surface area contributed by atoms with E-state index in [2.05, 4.69) is 9.97 Å². The molecule has 0 spiro atoms. The van der Waals surface area contributed by atoms with Gasteiger partial charge in [0.05, 0.1) is 11.0 Å². The van der Waals surface area contributed by atoms with Crippen LogP contribution in [0.5, 0.6) is 0 Å². The van der Waals surface area contributed by atoms with Crippen molar-refractivity contribution in [1.29, 1.82) is 0 Å². The number of piperazine rings is 1. The largest absolute Gasteiger partial charge is 0.340 e. The molecule has 2 amide bonds. The smallest absolute Gasteiger partial charge is 0.225 e.